The number of halogens is 4. The van der Waals surface area contributed by atoms with E-state index in [-0.39, 0.29) is 30.4 Å². The van der Waals surface area contributed by atoms with Crippen LogP contribution in [0.2, 0.25) is 5.02 Å². The van der Waals surface area contributed by atoms with Crippen molar-refractivity contribution in [2.24, 2.45) is 10.7 Å². The molecule has 13 heteroatoms. The van der Waals surface area contributed by atoms with Gasteiger partial charge in [-0.1, -0.05) is 28.9 Å². The molecule has 2 aliphatic rings. The van der Waals surface area contributed by atoms with E-state index in [4.69, 9.17) is 41.5 Å². The Morgan fingerprint density at radius 1 is 1.36 bits per heavy atom. The molecular weight excluding hydrogens is 505 g/mol. The predicted molar refractivity (Wildman–Crippen MR) is 124 cm³/mol. The number of carboxylic acids is 1. The molecule has 1 amide bonds. The number of carbonyl (C=O) groups excluding carboxylic acids is 1. The number of ether oxygens (including phenoxy) is 1. The number of aliphatic carboxylic acids is 1. The lowest BCUT2D eigenvalue weighted by Gasteiger charge is -2.41. The molecule has 3 N–H and O–H groups in total. The van der Waals surface area contributed by atoms with Gasteiger partial charge in [0.05, 0.1) is 28.8 Å². The van der Waals surface area contributed by atoms with Crippen LogP contribution in [0.4, 0.5) is 13.2 Å². The zero-order valence-electron chi connectivity index (χ0n) is 19.8. The maximum Gasteiger partial charge on any atom is 0.490 e. The molecule has 2 aromatic rings. The van der Waals surface area contributed by atoms with Crippen LogP contribution in [0.5, 0.6) is 0 Å². The highest BCUT2D eigenvalue weighted by Crippen LogP contribution is 2.42. The normalized spacial score (nSPS) is 24.6. The van der Waals surface area contributed by atoms with E-state index >= 15 is 0 Å². The van der Waals surface area contributed by atoms with Gasteiger partial charge < -0.3 is 20.1 Å². The molecule has 0 aliphatic carbocycles. The van der Waals surface area contributed by atoms with Crippen molar-refractivity contribution in [3.63, 3.8) is 0 Å². The molecule has 36 heavy (non-hydrogen) atoms. The van der Waals surface area contributed by atoms with Gasteiger partial charge in [-0.05, 0) is 45.2 Å². The summed E-state index contributed by atoms with van der Waals surface area (Å²) >= 11 is 6.74. The number of aryl methyl sites for hydroxylation is 1. The van der Waals surface area contributed by atoms with Crippen molar-refractivity contribution in [1.82, 2.24) is 10.1 Å². The second-order valence-corrected chi connectivity index (χ2v) is 9.22. The van der Waals surface area contributed by atoms with Crippen molar-refractivity contribution < 1.29 is 37.1 Å². The summed E-state index contributed by atoms with van der Waals surface area (Å²) < 4.78 is 42.7. The maximum atomic E-state index is 13.1. The second kappa shape index (κ2) is 10.5. The van der Waals surface area contributed by atoms with Gasteiger partial charge in [-0.25, -0.2) is 9.79 Å². The SMILES string of the molecule is Cc1cc(-c2cccc([C@]3(C)CC(=O)N([C@H]4CCO[C@@H](C)C4)C(N)=N3)c2Cl)on1.O=C(O)C(F)(F)F. The molecular formula is C23H26ClF3N4O5. The molecule has 9 nitrogen and oxygen atoms in total. The van der Waals surface area contributed by atoms with E-state index in [0.717, 1.165) is 24.1 Å². The van der Waals surface area contributed by atoms with Crippen LogP contribution in [0.15, 0.2) is 33.8 Å². The van der Waals surface area contributed by atoms with Crippen molar-refractivity contribution >= 4 is 29.4 Å². The van der Waals surface area contributed by atoms with Gasteiger partial charge in [0, 0.05) is 24.3 Å². The van der Waals surface area contributed by atoms with Gasteiger partial charge in [0.25, 0.3) is 0 Å². The maximum absolute atomic E-state index is 13.1. The molecule has 1 aromatic carbocycles. The van der Waals surface area contributed by atoms with Gasteiger partial charge in [-0.15, -0.1) is 0 Å². The Hall–Kier alpha value is -3.12. The lowest BCUT2D eigenvalue weighted by Crippen LogP contribution is -2.56. The number of hydrogen-bond acceptors (Lipinski definition) is 7. The second-order valence-electron chi connectivity index (χ2n) is 8.85. The van der Waals surface area contributed by atoms with Crippen LogP contribution in [0, 0.1) is 6.92 Å². The molecule has 0 bridgehead atoms. The quantitative estimate of drug-likeness (QED) is 0.606. The molecule has 0 radical (unpaired) electrons. The van der Waals surface area contributed by atoms with Crippen LogP contribution >= 0.6 is 11.6 Å². The monoisotopic (exact) mass is 530 g/mol. The Morgan fingerprint density at radius 2 is 2.03 bits per heavy atom. The predicted octanol–water partition coefficient (Wildman–Crippen LogP) is 4.27. The third-order valence-corrected chi connectivity index (χ3v) is 6.32. The van der Waals surface area contributed by atoms with Crippen LogP contribution in [0.1, 0.15) is 44.4 Å². The average Bonchev–Trinajstić information content (AvgIpc) is 3.19. The number of amides is 1. The number of aromatic nitrogens is 1. The first-order valence-corrected chi connectivity index (χ1v) is 11.4. The molecule has 0 unspecified atom stereocenters. The minimum absolute atomic E-state index is 0.0125. The summed E-state index contributed by atoms with van der Waals surface area (Å²) in [5.41, 5.74) is 7.67. The number of nitrogens with zero attached hydrogens (tertiary/aromatic N) is 3. The van der Waals surface area contributed by atoms with Crippen LogP contribution in [0.25, 0.3) is 11.3 Å². The highest BCUT2D eigenvalue weighted by atomic mass is 35.5. The Labute approximate surface area is 210 Å². The summed E-state index contributed by atoms with van der Waals surface area (Å²) in [6.45, 7) is 6.36. The summed E-state index contributed by atoms with van der Waals surface area (Å²) in [5, 5.41) is 11.5. The molecule has 2 aliphatic heterocycles. The first-order chi connectivity index (χ1) is 16.7. The fourth-order valence-corrected chi connectivity index (χ4v) is 4.66. The van der Waals surface area contributed by atoms with E-state index in [1.807, 2.05) is 45.0 Å². The molecule has 3 heterocycles. The van der Waals surface area contributed by atoms with Crippen LogP contribution in [-0.2, 0) is 19.9 Å². The van der Waals surface area contributed by atoms with Crippen LogP contribution in [0.3, 0.4) is 0 Å². The van der Waals surface area contributed by atoms with Crippen molar-refractivity contribution in [2.45, 2.75) is 63.9 Å². The molecule has 196 valence electrons. The molecule has 0 spiro atoms. The summed E-state index contributed by atoms with van der Waals surface area (Å²) in [7, 11) is 0. The lowest BCUT2D eigenvalue weighted by atomic mass is 9.85. The summed E-state index contributed by atoms with van der Waals surface area (Å²) in [5.74, 6) is -1.99. The van der Waals surface area contributed by atoms with Crippen molar-refractivity contribution in [3.8, 4) is 11.3 Å². The zero-order valence-corrected chi connectivity index (χ0v) is 20.6. The van der Waals surface area contributed by atoms with Gasteiger partial charge in [0.2, 0.25) is 5.91 Å². The van der Waals surface area contributed by atoms with Gasteiger partial charge >= 0.3 is 12.1 Å². The molecule has 1 fully saturated rings. The largest absolute Gasteiger partial charge is 0.490 e. The Balaban J connectivity index is 0.000000454. The molecule has 1 saturated heterocycles. The van der Waals surface area contributed by atoms with Crippen molar-refractivity contribution in [2.75, 3.05) is 6.61 Å². The Morgan fingerprint density at radius 3 is 2.56 bits per heavy atom. The van der Waals surface area contributed by atoms with Gasteiger partial charge in [0.15, 0.2) is 11.7 Å². The van der Waals surface area contributed by atoms with E-state index in [0.29, 0.717) is 23.0 Å². The fraction of sp³-hybridized carbons (Fsp3) is 0.478. The lowest BCUT2D eigenvalue weighted by molar-refractivity contribution is -0.192. The van der Waals surface area contributed by atoms with E-state index < -0.39 is 17.7 Å². The number of hydrogen-bond donors (Lipinski definition) is 2. The van der Waals surface area contributed by atoms with E-state index in [2.05, 4.69) is 5.16 Å². The third-order valence-electron chi connectivity index (χ3n) is 5.91. The molecule has 3 atom stereocenters. The molecule has 0 saturated carbocycles. The summed E-state index contributed by atoms with van der Waals surface area (Å²) in [4.78, 5) is 28.4. The molecule has 1 aromatic heterocycles. The van der Waals surface area contributed by atoms with E-state index in [1.54, 1.807) is 4.90 Å². The first-order valence-electron chi connectivity index (χ1n) is 11.0. The standard InChI is InChI=1S/C21H25ClN4O3.C2HF3O2/c1-12-9-17(29-25-12)15-5-4-6-16(19(15)22)21(3)11-18(27)26(20(23)24-21)14-7-8-28-13(2)10-14;3-2(4,5)1(6)7/h4-6,9,13-14H,7-8,10-11H2,1-3H3,(H2,23,24);(H,6,7)/t13-,14-,21-;/m0./s1. The zero-order chi connectivity index (χ0) is 26.8. The van der Waals surface area contributed by atoms with E-state index in [9.17, 15) is 18.0 Å². The summed E-state index contributed by atoms with van der Waals surface area (Å²) in [6, 6.07) is 7.46. The van der Waals surface area contributed by atoms with Gasteiger partial charge in [0.1, 0.15) is 0 Å². The number of carbonyl (C=O) groups is 2. The number of carboxylic acid groups (broad SMARTS) is 1. The smallest absolute Gasteiger partial charge is 0.475 e. The topological polar surface area (TPSA) is 131 Å². The van der Waals surface area contributed by atoms with Gasteiger partial charge in [-0.2, -0.15) is 13.2 Å². The Kier molecular flexibility index (Phi) is 7.99. The summed E-state index contributed by atoms with van der Waals surface area (Å²) in [6.07, 6.45) is -3.29. The van der Waals surface area contributed by atoms with Gasteiger partial charge in [-0.3, -0.25) is 9.69 Å². The van der Waals surface area contributed by atoms with E-state index in [1.165, 1.54) is 0 Å². The number of guanidine groups is 1. The number of benzene rings is 1. The third kappa shape index (κ3) is 5.98. The number of rotatable bonds is 3. The number of aliphatic imine (C=N–C) groups is 1. The van der Waals surface area contributed by atoms with Crippen molar-refractivity contribution in [3.05, 3.63) is 40.5 Å². The number of nitrogens with two attached hydrogens (primary N) is 1. The molecule has 4 rings (SSSR count). The van der Waals surface area contributed by atoms with Crippen molar-refractivity contribution in [1.29, 1.82) is 0 Å². The Bertz CT molecular complexity index is 1170. The fourth-order valence-electron chi connectivity index (χ4n) is 4.24. The minimum atomic E-state index is -5.08. The average molecular weight is 531 g/mol. The number of alkyl halides is 3. The minimum Gasteiger partial charge on any atom is -0.475 e. The van der Waals surface area contributed by atoms with Crippen LogP contribution in [-0.4, -0.2) is 57.9 Å². The van der Waals surface area contributed by atoms with Crippen LogP contribution < -0.4 is 5.73 Å². The first kappa shape index (κ1) is 27.5. The highest BCUT2D eigenvalue weighted by Gasteiger charge is 2.42. The highest BCUT2D eigenvalue weighted by molar-refractivity contribution is 6.34.